The Morgan fingerprint density at radius 1 is 1.29 bits per heavy atom. The fourth-order valence-corrected chi connectivity index (χ4v) is 2.60. The summed E-state index contributed by atoms with van der Waals surface area (Å²) >= 11 is 0. The van der Waals surface area contributed by atoms with Gasteiger partial charge in [-0.1, -0.05) is 39.0 Å². The zero-order valence-electron chi connectivity index (χ0n) is 12.8. The summed E-state index contributed by atoms with van der Waals surface area (Å²) in [5, 5.41) is 11.9. The fourth-order valence-electron chi connectivity index (χ4n) is 2.60. The molecule has 1 atom stereocenters. The first-order valence-corrected chi connectivity index (χ1v) is 7.41. The second-order valence-electron chi connectivity index (χ2n) is 6.81. The predicted molar refractivity (Wildman–Crippen MR) is 81.4 cm³/mol. The Bertz CT molecular complexity index is 541. The van der Waals surface area contributed by atoms with Crippen LogP contribution in [0.1, 0.15) is 56.0 Å². The van der Waals surface area contributed by atoms with Gasteiger partial charge in [0.1, 0.15) is 0 Å². The van der Waals surface area contributed by atoms with Crippen LogP contribution in [0.15, 0.2) is 24.3 Å². The normalized spacial score (nSPS) is 16.3. The maximum atomic E-state index is 12.5. The van der Waals surface area contributed by atoms with E-state index in [9.17, 15) is 9.59 Å². The Hall–Kier alpha value is -1.84. The summed E-state index contributed by atoms with van der Waals surface area (Å²) < 4.78 is 0. The Morgan fingerprint density at radius 2 is 1.90 bits per heavy atom. The first-order chi connectivity index (χ1) is 9.79. The molecular weight excluding hydrogens is 266 g/mol. The van der Waals surface area contributed by atoms with Crippen molar-refractivity contribution in [3.05, 3.63) is 35.4 Å². The van der Waals surface area contributed by atoms with Crippen LogP contribution in [0.2, 0.25) is 0 Å². The Balaban J connectivity index is 2.18. The molecule has 0 heterocycles. The molecule has 1 fully saturated rings. The van der Waals surface area contributed by atoms with E-state index < -0.39 is 5.97 Å². The monoisotopic (exact) mass is 289 g/mol. The third kappa shape index (κ3) is 4.06. The van der Waals surface area contributed by atoms with Crippen LogP contribution in [-0.2, 0) is 10.2 Å². The van der Waals surface area contributed by atoms with Gasteiger partial charge >= 0.3 is 5.97 Å². The third-order valence-electron chi connectivity index (χ3n) is 3.88. The number of amides is 1. The molecule has 1 aliphatic rings. The quantitative estimate of drug-likeness (QED) is 0.875. The van der Waals surface area contributed by atoms with Crippen LogP contribution in [-0.4, -0.2) is 23.0 Å². The maximum Gasteiger partial charge on any atom is 0.305 e. The van der Waals surface area contributed by atoms with E-state index in [4.69, 9.17) is 5.11 Å². The van der Waals surface area contributed by atoms with Crippen molar-refractivity contribution < 1.29 is 14.7 Å². The average Bonchev–Trinajstić information content (AvgIpc) is 3.20. The lowest BCUT2D eigenvalue weighted by Gasteiger charge is -2.24. The number of hydrogen-bond acceptors (Lipinski definition) is 2. The first-order valence-electron chi connectivity index (χ1n) is 7.41. The minimum atomic E-state index is -0.865. The Kier molecular flexibility index (Phi) is 4.35. The van der Waals surface area contributed by atoms with Crippen LogP contribution < -0.4 is 5.32 Å². The summed E-state index contributed by atoms with van der Waals surface area (Å²) in [5.41, 5.74) is 1.49. The van der Waals surface area contributed by atoms with E-state index in [1.54, 1.807) is 6.07 Å². The van der Waals surface area contributed by atoms with Gasteiger partial charge in [-0.25, -0.2) is 0 Å². The van der Waals surface area contributed by atoms with E-state index in [0.717, 1.165) is 18.4 Å². The molecule has 0 radical (unpaired) electrons. The van der Waals surface area contributed by atoms with Gasteiger partial charge in [-0.3, -0.25) is 9.59 Å². The Labute approximate surface area is 125 Å². The average molecular weight is 289 g/mol. The molecule has 0 saturated heterocycles. The molecule has 1 aromatic carbocycles. The molecule has 2 rings (SSSR count). The van der Waals surface area contributed by atoms with Gasteiger partial charge in [0.15, 0.2) is 0 Å². The van der Waals surface area contributed by atoms with Gasteiger partial charge in [0.25, 0.3) is 5.91 Å². The molecule has 1 saturated carbocycles. The summed E-state index contributed by atoms with van der Waals surface area (Å²) in [6.45, 7) is 6.19. The van der Waals surface area contributed by atoms with Crippen LogP contribution in [0, 0.1) is 5.92 Å². The molecular formula is C17H23NO3. The summed E-state index contributed by atoms with van der Waals surface area (Å²) in [5.74, 6) is -0.721. The zero-order chi connectivity index (χ0) is 15.6. The second-order valence-corrected chi connectivity index (χ2v) is 6.81. The topological polar surface area (TPSA) is 66.4 Å². The number of aliphatic carboxylic acids is 1. The van der Waals surface area contributed by atoms with Crippen LogP contribution in [0.5, 0.6) is 0 Å². The second kappa shape index (κ2) is 5.88. The highest BCUT2D eigenvalue weighted by molar-refractivity contribution is 5.96. The number of carboxylic acid groups (broad SMARTS) is 1. The first kappa shape index (κ1) is 15.5. The van der Waals surface area contributed by atoms with E-state index in [0.29, 0.717) is 11.5 Å². The smallest absolute Gasteiger partial charge is 0.305 e. The molecule has 1 unspecified atom stereocenters. The van der Waals surface area contributed by atoms with Crippen molar-refractivity contribution in [1.29, 1.82) is 0 Å². The maximum absolute atomic E-state index is 12.5. The molecule has 1 amide bonds. The Morgan fingerprint density at radius 3 is 2.43 bits per heavy atom. The van der Waals surface area contributed by atoms with Crippen molar-refractivity contribution in [1.82, 2.24) is 5.32 Å². The van der Waals surface area contributed by atoms with E-state index in [1.165, 1.54) is 0 Å². The molecule has 0 bridgehead atoms. The van der Waals surface area contributed by atoms with Crippen molar-refractivity contribution in [2.75, 3.05) is 0 Å². The molecule has 0 spiro atoms. The molecule has 0 aliphatic heterocycles. The van der Waals surface area contributed by atoms with E-state index in [-0.39, 0.29) is 23.8 Å². The van der Waals surface area contributed by atoms with Crippen molar-refractivity contribution >= 4 is 11.9 Å². The molecule has 4 nitrogen and oxygen atoms in total. The third-order valence-corrected chi connectivity index (χ3v) is 3.88. The highest BCUT2D eigenvalue weighted by Gasteiger charge is 2.34. The van der Waals surface area contributed by atoms with Crippen molar-refractivity contribution in [2.45, 2.75) is 51.5 Å². The number of carbonyl (C=O) groups is 2. The van der Waals surface area contributed by atoms with Crippen LogP contribution in [0.25, 0.3) is 0 Å². The van der Waals surface area contributed by atoms with E-state index in [2.05, 4.69) is 26.1 Å². The summed E-state index contributed by atoms with van der Waals surface area (Å²) in [6.07, 6.45) is 1.99. The molecule has 0 aromatic heterocycles. The lowest BCUT2D eigenvalue weighted by molar-refractivity contribution is -0.137. The summed E-state index contributed by atoms with van der Waals surface area (Å²) in [4.78, 5) is 23.5. The lowest BCUT2D eigenvalue weighted by Crippen LogP contribution is -2.39. The van der Waals surface area contributed by atoms with E-state index >= 15 is 0 Å². The largest absolute Gasteiger partial charge is 0.481 e. The van der Waals surface area contributed by atoms with Gasteiger partial charge in [0.05, 0.1) is 6.42 Å². The molecule has 21 heavy (non-hydrogen) atoms. The van der Waals surface area contributed by atoms with E-state index in [1.807, 2.05) is 18.2 Å². The number of nitrogens with one attached hydrogen (secondary N) is 1. The standard InChI is InChI=1S/C17H23NO3/c1-17(2,3)13-7-5-4-6-12(13)16(21)18-14(10-15(19)20)11-8-9-11/h4-7,11,14H,8-10H2,1-3H3,(H,18,21)(H,19,20). The number of benzene rings is 1. The van der Waals surface area contributed by atoms with Crippen molar-refractivity contribution in [2.24, 2.45) is 5.92 Å². The fraction of sp³-hybridized carbons (Fsp3) is 0.529. The predicted octanol–water partition coefficient (Wildman–Crippen LogP) is 2.97. The minimum absolute atomic E-state index is 0.00586. The van der Waals surface area contributed by atoms with Gasteiger partial charge in [0.2, 0.25) is 0 Å². The van der Waals surface area contributed by atoms with Crippen molar-refractivity contribution in [3.63, 3.8) is 0 Å². The number of rotatable bonds is 5. The molecule has 1 aliphatic carbocycles. The number of carboxylic acids is 1. The van der Waals surface area contributed by atoms with Crippen molar-refractivity contribution in [3.8, 4) is 0 Å². The SMILES string of the molecule is CC(C)(C)c1ccccc1C(=O)NC(CC(=O)O)C1CC1. The van der Waals surface area contributed by atoms with Crippen LogP contribution in [0.4, 0.5) is 0 Å². The summed E-state index contributed by atoms with van der Waals surface area (Å²) in [6, 6.07) is 7.27. The van der Waals surface area contributed by atoms with Gasteiger partial charge < -0.3 is 10.4 Å². The summed E-state index contributed by atoms with van der Waals surface area (Å²) in [7, 11) is 0. The van der Waals surface area contributed by atoms with Crippen LogP contribution >= 0.6 is 0 Å². The van der Waals surface area contributed by atoms with Gasteiger partial charge in [-0.2, -0.15) is 0 Å². The highest BCUT2D eigenvalue weighted by atomic mass is 16.4. The zero-order valence-corrected chi connectivity index (χ0v) is 12.8. The minimum Gasteiger partial charge on any atom is -0.481 e. The molecule has 1 aromatic rings. The molecule has 4 heteroatoms. The lowest BCUT2D eigenvalue weighted by atomic mass is 9.83. The number of hydrogen-bond donors (Lipinski definition) is 2. The highest BCUT2D eigenvalue weighted by Crippen LogP contribution is 2.34. The van der Waals surface area contributed by atoms with Gasteiger partial charge in [0, 0.05) is 11.6 Å². The number of carbonyl (C=O) groups excluding carboxylic acids is 1. The molecule has 114 valence electrons. The molecule has 2 N–H and O–H groups in total. The van der Waals surface area contributed by atoms with Gasteiger partial charge in [-0.05, 0) is 35.8 Å². The van der Waals surface area contributed by atoms with Crippen LogP contribution in [0.3, 0.4) is 0 Å². The van der Waals surface area contributed by atoms with Gasteiger partial charge in [-0.15, -0.1) is 0 Å².